The number of rotatable bonds is 8. The molecule has 1 aromatic carbocycles. The van der Waals surface area contributed by atoms with Gasteiger partial charge in [-0.1, -0.05) is 36.7 Å². The maximum absolute atomic E-state index is 12.4. The van der Waals surface area contributed by atoms with Crippen molar-refractivity contribution < 1.29 is 14.3 Å². The zero-order valence-corrected chi connectivity index (χ0v) is 18.7. The Morgan fingerprint density at radius 1 is 1.17 bits per heavy atom. The number of piperidine rings is 1. The summed E-state index contributed by atoms with van der Waals surface area (Å²) in [7, 11) is 0. The second kappa shape index (κ2) is 10.9. The van der Waals surface area contributed by atoms with Gasteiger partial charge in [0.15, 0.2) is 0 Å². The molecule has 2 aromatic rings. The monoisotopic (exact) mass is 430 g/mol. The summed E-state index contributed by atoms with van der Waals surface area (Å²) in [5.74, 6) is -0.126. The van der Waals surface area contributed by atoms with Gasteiger partial charge in [0.2, 0.25) is 0 Å². The molecule has 0 N–H and O–H groups in total. The van der Waals surface area contributed by atoms with Crippen molar-refractivity contribution in [2.45, 2.75) is 64.4 Å². The van der Waals surface area contributed by atoms with E-state index in [0.29, 0.717) is 5.02 Å². The minimum atomic E-state index is -0.243. The van der Waals surface area contributed by atoms with Crippen LogP contribution in [0.25, 0.3) is 0 Å². The van der Waals surface area contributed by atoms with E-state index in [2.05, 4.69) is 9.88 Å². The number of carbonyl (C=O) groups excluding carboxylic acids is 1. The highest BCUT2D eigenvalue weighted by Crippen LogP contribution is 2.30. The summed E-state index contributed by atoms with van der Waals surface area (Å²) in [4.78, 5) is 19.2. The predicted octanol–water partition coefficient (Wildman–Crippen LogP) is 5.04. The third-order valence-corrected chi connectivity index (χ3v) is 5.64. The first-order chi connectivity index (χ1) is 14.5. The van der Waals surface area contributed by atoms with Crippen LogP contribution in [0.3, 0.4) is 0 Å². The summed E-state index contributed by atoms with van der Waals surface area (Å²) >= 11 is 6.07. The van der Waals surface area contributed by atoms with Gasteiger partial charge >= 0.3 is 5.97 Å². The van der Waals surface area contributed by atoms with Crippen molar-refractivity contribution >= 4 is 17.6 Å². The van der Waals surface area contributed by atoms with Crippen LogP contribution in [0.2, 0.25) is 5.02 Å². The van der Waals surface area contributed by atoms with Gasteiger partial charge in [-0.3, -0.25) is 14.7 Å². The lowest BCUT2D eigenvalue weighted by molar-refractivity contribution is -0.155. The van der Waals surface area contributed by atoms with E-state index in [4.69, 9.17) is 21.1 Å². The molecule has 0 radical (unpaired) electrons. The molecule has 0 bridgehead atoms. The molecule has 3 rings (SSSR count). The Morgan fingerprint density at radius 3 is 2.43 bits per heavy atom. The van der Waals surface area contributed by atoms with Gasteiger partial charge in [-0.25, -0.2) is 0 Å². The lowest BCUT2D eigenvalue weighted by atomic mass is 10.0. The molecule has 2 atom stereocenters. The molecule has 162 valence electrons. The number of hydrogen-bond acceptors (Lipinski definition) is 5. The number of ether oxygens (including phenoxy) is 2. The average molecular weight is 431 g/mol. The van der Waals surface area contributed by atoms with Crippen LogP contribution >= 0.6 is 11.6 Å². The first-order valence-corrected chi connectivity index (χ1v) is 11.1. The zero-order chi connectivity index (χ0) is 21.5. The first-order valence-electron chi connectivity index (χ1n) is 10.7. The van der Waals surface area contributed by atoms with Crippen LogP contribution < -0.4 is 0 Å². The molecule has 5 nitrogen and oxygen atoms in total. The Hall–Kier alpha value is -1.95. The molecule has 0 aliphatic carbocycles. The molecule has 0 amide bonds. The Labute approximate surface area is 184 Å². The Morgan fingerprint density at radius 2 is 1.87 bits per heavy atom. The molecule has 1 saturated heterocycles. The highest BCUT2D eigenvalue weighted by Gasteiger charge is 2.32. The standard InChI is InChI=1S/C24H31ClN2O3/c1-4-22(24(28)29-17(2)3)27-15-12-20(13-16-27)30-23(21-7-5-6-14-26-21)18-8-10-19(25)11-9-18/h5-11,14,17,20,22-23H,4,12-13,15-16H2,1-3H3/t22?,23-/m0/s1. The van der Waals surface area contributed by atoms with E-state index in [1.54, 1.807) is 6.20 Å². The highest BCUT2D eigenvalue weighted by molar-refractivity contribution is 6.30. The Balaban J connectivity index is 1.66. The molecule has 6 heteroatoms. The number of carbonyl (C=O) groups is 1. The van der Waals surface area contributed by atoms with Crippen LogP contribution in [0, 0.1) is 0 Å². The molecule has 0 spiro atoms. The molecule has 1 fully saturated rings. The Bertz CT molecular complexity index is 790. The number of aromatic nitrogens is 1. The van der Waals surface area contributed by atoms with Crippen LogP contribution in [-0.2, 0) is 14.3 Å². The predicted molar refractivity (Wildman–Crippen MR) is 119 cm³/mol. The second-order valence-electron chi connectivity index (χ2n) is 7.97. The van der Waals surface area contributed by atoms with Gasteiger partial charge in [0, 0.05) is 24.3 Å². The molecule has 0 saturated carbocycles. The van der Waals surface area contributed by atoms with E-state index in [0.717, 1.165) is 43.6 Å². The normalized spacial score (nSPS) is 17.6. The molecule has 2 heterocycles. The highest BCUT2D eigenvalue weighted by atomic mass is 35.5. The lowest BCUT2D eigenvalue weighted by Gasteiger charge is -2.37. The number of likely N-dealkylation sites (tertiary alicyclic amines) is 1. The molecule has 1 aliphatic heterocycles. The minimum Gasteiger partial charge on any atom is -0.462 e. The van der Waals surface area contributed by atoms with Crippen molar-refractivity contribution in [2.75, 3.05) is 13.1 Å². The molecule has 1 aromatic heterocycles. The van der Waals surface area contributed by atoms with E-state index >= 15 is 0 Å². The molecule has 1 aliphatic rings. The van der Waals surface area contributed by atoms with Gasteiger partial charge in [-0.2, -0.15) is 0 Å². The topological polar surface area (TPSA) is 51.7 Å². The maximum atomic E-state index is 12.4. The van der Waals surface area contributed by atoms with Crippen molar-refractivity contribution in [1.82, 2.24) is 9.88 Å². The van der Waals surface area contributed by atoms with Gasteiger partial charge in [0.1, 0.15) is 12.1 Å². The third kappa shape index (κ3) is 6.03. The molecular formula is C24H31ClN2O3. The van der Waals surface area contributed by atoms with Gasteiger partial charge < -0.3 is 9.47 Å². The van der Waals surface area contributed by atoms with Crippen molar-refractivity contribution in [3.63, 3.8) is 0 Å². The van der Waals surface area contributed by atoms with Crippen LogP contribution in [-0.4, -0.2) is 47.2 Å². The summed E-state index contributed by atoms with van der Waals surface area (Å²) in [6, 6.07) is 13.4. The van der Waals surface area contributed by atoms with Gasteiger partial charge in [0.25, 0.3) is 0 Å². The lowest BCUT2D eigenvalue weighted by Crippen LogP contribution is -2.48. The largest absolute Gasteiger partial charge is 0.462 e. The summed E-state index contributed by atoms with van der Waals surface area (Å²) < 4.78 is 12.0. The molecule has 1 unspecified atom stereocenters. The minimum absolute atomic E-state index is 0.0917. The van der Waals surface area contributed by atoms with E-state index in [-0.39, 0.29) is 30.3 Å². The smallest absolute Gasteiger partial charge is 0.323 e. The average Bonchev–Trinajstić information content (AvgIpc) is 2.74. The zero-order valence-electron chi connectivity index (χ0n) is 18.0. The molecule has 30 heavy (non-hydrogen) atoms. The summed E-state index contributed by atoms with van der Waals surface area (Å²) in [6.45, 7) is 7.43. The van der Waals surface area contributed by atoms with Crippen molar-refractivity contribution in [3.05, 3.63) is 64.9 Å². The van der Waals surface area contributed by atoms with Crippen LogP contribution in [0.4, 0.5) is 0 Å². The fourth-order valence-corrected chi connectivity index (χ4v) is 4.01. The van der Waals surface area contributed by atoms with Crippen LogP contribution in [0.15, 0.2) is 48.7 Å². The van der Waals surface area contributed by atoms with Crippen molar-refractivity contribution in [3.8, 4) is 0 Å². The Kier molecular flexibility index (Phi) is 8.25. The second-order valence-corrected chi connectivity index (χ2v) is 8.40. The van der Waals surface area contributed by atoms with E-state index in [1.807, 2.05) is 63.2 Å². The first kappa shape index (κ1) is 22.7. The third-order valence-electron chi connectivity index (χ3n) is 5.39. The van der Waals surface area contributed by atoms with E-state index in [1.165, 1.54) is 0 Å². The number of halogens is 1. The quantitative estimate of drug-likeness (QED) is 0.549. The van der Waals surface area contributed by atoms with Crippen LogP contribution in [0.5, 0.6) is 0 Å². The van der Waals surface area contributed by atoms with Crippen molar-refractivity contribution in [2.24, 2.45) is 0 Å². The van der Waals surface area contributed by atoms with E-state index in [9.17, 15) is 4.79 Å². The fourth-order valence-electron chi connectivity index (χ4n) is 3.89. The van der Waals surface area contributed by atoms with Gasteiger partial charge in [-0.15, -0.1) is 0 Å². The summed E-state index contributed by atoms with van der Waals surface area (Å²) in [5.41, 5.74) is 1.92. The summed E-state index contributed by atoms with van der Waals surface area (Å²) in [6.07, 6.45) is 4.03. The van der Waals surface area contributed by atoms with Crippen molar-refractivity contribution in [1.29, 1.82) is 0 Å². The number of benzene rings is 1. The maximum Gasteiger partial charge on any atom is 0.323 e. The SMILES string of the molecule is CCC(C(=O)OC(C)C)N1CCC(O[C@@H](c2ccc(Cl)cc2)c2ccccn2)CC1. The van der Waals surface area contributed by atoms with Gasteiger partial charge in [0.05, 0.1) is 17.9 Å². The fraction of sp³-hybridized carbons (Fsp3) is 0.500. The number of esters is 1. The van der Waals surface area contributed by atoms with E-state index < -0.39 is 0 Å². The number of pyridine rings is 1. The molecular weight excluding hydrogens is 400 g/mol. The summed E-state index contributed by atoms with van der Waals surface area (Å²) in [5, 5.41) is 0.700. The van der Waals surface area contributed by atoms with Gasteiger partial charge in [-0.05, 0) is 62.9 Å². The number of hydrogen-bond donors (Lipinski definition) is 0. The number of nitrogens with zero attached hydrogens (tertiary/aromatic N) is 2. The van der Waals surface area contributed by atoms with Crippen LogP contribution in [0.1, 0.15) is 57.4 Å².